The smallest absolute Gasteiger partial charge is 0.186 e. The Morgan fingerprint density at radius 1 is 0.697 bits per heavy atom. The molecule has 11 heteroatoms. The summed E-state index contributed by atoms with van der Waals surface area (Å²) in [5.41, 5.74) is 28.5. The van der Waals surface area contributed by atoms with Crippen LogP contribution in [0.1, 0.15) is 12.8 Å². The van der Waals surface area contributed by atoms with E-state index in [1.165, 1.54) is 0 Å². The summed E-state index contributed by atoms with van der Waals surface area (Å²) in [4.78, 5) is 7.87. The molecular weight excluding hydrogens is 424 g/mol. The first-order valence-corrected chi connectivity index (χ1v) is 10.4. The van der Waals surface area contributed by atoms with E-state index in [9.17, 15) is 0 Å². The summed E-state index contributed by atoms with van der Waals surface area (Å²) >= 11 is 0. The van der Waals surface area contributed by atoms with Gasteiger partial charge in [0.25, 0.3) is 0 Å². The number of amidine groups is 1. The van der Waals surface area contributed by atoms with Gasteiger partial charge in [0.2, 0.25) is 0 Å². The maximum Gasteiger partial charge on any atom is 0.186 e. The lowest BCUT2D eigenvalue weighted by Gasteiger charge is -2.18. The van der Waals surface area contributed by atoms with Crippen molar-refractivity contribution >= 4 is 17.8 Å². The van der Waals surface area contributed by atoms with Gasteiger partial charge in [-0.2, -0.15) is 0 Å². The van der Waals surface area contributed by atoms with Gasteiger partial charge in [-0.3, -0.25) is 15.4 Å². The third-order valence-corrected chi connectivity index (χ3v) is 4.28. The molecule has 0 unspecified atom stereocenters. The molecule has 0 spiro atoms. The fraction of sp³-hybridized carbons (Fsp3) is 0.318. The predicted molar refractivity (Wildman–Crippen MR) is 131 cm³/mol. The minimum absolute atomic E-state index is 0.000130. The molecule has 33 heavy (non-hydrogen) atoms. The quantitative estimate of drug-likeness (QED) is 0.135. The van der Waals surface area contributed by atoms with Crippen LogP contribution in [-0.2, 0) is 0 Å². The average Bonchev–Trinajstić information content (AvgIpc) is 2.77. The minimum Gasteiger partial charge on any atom is -0.491 e. The molecule has 0 saturated heterocycles. The van der Waals surface area contributed by atoms with Gasteiger partial charge >= 0.3 is 0 Å². The summed E-state index contributed by atoms with van der Waals surface area (Å²) in [5.74, 6) is 1.86. The standard InChI is InChI=1S/C22H32N8O3/c23-19(24)9-4-12-33-20-16(6-3-8-18(20)32-14-11-30-22(27)28)15-5-1-2-7-17(15)31-13-10-29-21(25)26/h1-3,5-8H,4,9-14H2,(H3,23,24)(H4,25,26,29)(H4,27,28,30). The van der Waals surface area contributed by atoms with Crippen molar-refractivity contribution < 1.29 is 14.2 Å². The number of rotatable bonds is 14. The van der Waals surface area contributed by atoms with Crippen LogP contribution in [-0.4, -0.2) is 50.7 Å². The van der Waals surface area contributed by atoms with Crippen molar-refractivity contribution in [1.82, 2.24) is 0 Å². The molecule has 178 valence electrons. The van der Waals surface area contributed by atoms with Crippen LogP contribution in [0.5, 0.6) is 17.2 Å². The van der Waals surface area contributed by atoms with Gasteiger partial charge in [-0.25, -0.2) is 0 Å². The van der Waals surface area contributed by atoms with Gasteiger partial charge in [-0.15, -0.1) is 0 Å². The minimum atomic E-state index is -0.000130. The molecule has 0 aliphatic carbocycles. The Labute approximate surface area is 193 Å². The molecule has 2 aromatic carbocycles. The monoisotopic (exact) mass is 456 g/mol. The van der Waals surface area contributed by atoms with Crippen molar-refractivity contribution in [3.63, 3.8) is 0 Å². The Morgan fingerprint density at radius 3 is 1.91 bits per heavy atom. The zero-order chi connectivity index (χ0) is 24.1. The molecule has 0 heterocycles. The molecule has 0 saturated carbocycles. The number of ether oxygens (including phenoxy) is 3. The zero-order valence-electron chi connectivity index (χ0n) is 18.5. The summed E-state index contributed by atoms with van der Waals surface area (Å²) in [6.07, 6.45) is 1.03. The molecule has 11 N–H and O–H groups in total. The zero-order valence-corrected chi connectivity index (χ0v) is 18.5. The number of hydrogen-bond acceptors (Lipinski definition) is 6. The summed E-state index contributed by atoms with van der Waals surface area (Å²) in [7, 11) is 0. The largest absolute Gasteiger partial charge is 0.491 e. The Morgan fingerprint density at radius 2 is 1.27 bits per heavy atom. The van der Waals surface area contributed by atoms with Crippen LogP contribution in [0.15, 0.2) is 52.4 Å². The van der Waals surface area contributed by atoms with Gasteiger partial charge < -0.3 is 42.9 Å². The molecule has 2 rings (SSSR count). The number of benzene rings is 2. The maximum atomic E-state index is 7.40. The van der Waals surface area contributed by atoms with E-state index in [4.69, 9.17) is 48.3 Å². The number of nitrogens with zero attached hydrogens (tertiary/aromatic N) is 2. The van der Waals surface area contributed by atoms with Crippen molar-refractivity contribution in [2.75, 3.05) is 32.9 Å². The van der Waals surface area contributed by atoms with Crippen molar-refractivity contribution in [3.8, 4) is 28.4 Å². The molecular formula is C22H32N8O3. The molecule has 0 amide bonds. The highest BCUT2D eigenvalue weighted by atomic mass is 16.5. The lowest BCUT2D eigenvalue weighted by atomic mass is 10.0. The maximum absolute atomic E-state index is 7.40. The molecule has 0 bridgehead atoms. The predicted octanol–water partition coefficient (Wildman–Crippen LogP) is 0.753. The summed E-state index contributed by atoms with van der Waals surface area (Å²) in [5, 5.41) is 7.40. The topological polar surface area (TPSA) is 206 Å². The van der Waals surface area contributed by atoms with Gasteiger partial charge in [0.1, 0.15) is 19.0 Å². The van der Waals surface area contributed by atoms with Crippen LogP contribution < -0.4 is 42.9 Å². The van der Waals surface area contributed by atoms with Crippen LogP contribution in [0.3, 0.4) is 0 Å². The van der Waals surface area contributed by atoms with Gasteiger partial charge in [-0.05, 0) is 18.6 Å². The Kier molecular flexibility index (Phi) is 10.1. The third kappa shape index (κ3) is 8.85. The fourth-order valence-electron chi connectivity index (χ4n) is 2.90. The van der Waals surface area contributed by atoms with Crippen molar-refractivity contribution in [1.29, 1.82) is 5.41 Å². The van der Waals surface area contributed by atoms with Crippen molar-refractivity contribution in [2.24, 2.45) is 38.7 Å². The molecule has 0 atom stereocenters. The first-order chi connectivity index (χ1) is 15.9. The number of para-hydroxylation sites is 2. The highest BCUT2D eigenvalue weighted by Gasteiger charge is 2.16. The van der Waals surface area contributed by atoms with E-state index in [1.54, 1.807) is 0 Å². The van der Waals surface area contributed by atoms with E-state index in [0.717, 1.165) is 11.1 Å². The first kappa shape index (κ1) is 25.1. The van der Waals surface area contributed by atoms with Gasteiger partial charge in [0.15, 0.2) is 23.4 Å². The van der Waals surface area contributed by atoms with Crippen LogP contribution in [0.2, 0.25) is 0 Å². The second-order valence-electron chi connectivity index (χ2n) is 6.92. The molecule has 0 aromatic heterocycles. The Bertz CT molecular complexity index is 970. The molecule has 11 nitrogen and oxygen atoms in total. The third-order valence-electron chi connectivity index (χ3n) is 4.28. The highest BCUT2D eigenvalue weighted by molar-refractivity contribution is 5.79. The van der Waals surface area contributed by atoms with Gasteiger partial charge in [-0.1, -0.05) is 30.3 Å². The number of aliphatic imine (C=N–C) groups is 2. The number of nitrogens with two attached hydrogens (primary N) is 5. The van der Waals surface area contributed by atoms with Crippen LogP contribution in [0.4, 0.5) is 0 Å². The van der Waals surface area contributed by atoms with E-state index < -0.39 is 0 Å². The molecule has 2 aromatic rings. The number of nitrogens with one attached hydrogen (secondary N) is 1. The van der Waals surface area contributed by atoms with Crippen LogP contribution >= 0.6 is 0 Å². The van der Waals surface area contributed by atoms with Crippen molar-refractivity contribution in [2.45, 2.75) is 12.8 Å². The summed E-state index contributed by atoms with van der Waals surface area (Å²) in [6.45, 7) is 1.56. The number of guanidine groups is 2. The highest BCUT2D eigenvalue weighted by Crippen LogP contribution is 2.42. The molecule has 0 aliphatic rings. The normalized spacial score (nSPS) is 10.2. The average molecular weight is 457 g/mol. The lowest BCUT2D eigenvalue weighted by molar-refractivity contribution is 0.272. The van der Waals surface area contributed by atoms with E-state index in [2.05, 4.69) is 9.98 Å². The molecule has 0 fully saturated rings. The second kappa shape index (κ2) is 13.3. The van der Waals surface area contributed by atoms with Gasteiger partial charge in [0.05, 0.1) is 25.5 Å². The SMILES string of the molecule is N=C(N)CCCOc1c(OCCN=C(N)N)cccc1-c1ccccc1OCCN=C(N)N. The molecule has 0 aliphatic heterocycles. The Hall–Kier alpha value is -4.15. The summed E-state index contributed by atoms with van der Waals surface area (Å²) in [6, 6.07) is 13.2. The second-order valence-corrected chi connectivity index (χ2v) is 6.92. The molecule has 0 radical (unpaired) electrons. The number of hydrogen-bond donors (Lipinski definition) is 6. The lowest BCUT2D eigenvalue weighted by Crippen LogP contribution is -2.23. The summed E-state index contributed by atoms with van der Waals surface area (Å²) < 4.78 is 17.9. The van der Waals surface area contributed by atoms with Crippen molar-refractivity contribution in [3.05, 3.63) is 42.5 Å². The fourth-order valence-corrected chi connectivity index (χ4v) is 2.90. The van der Waals surface area contributed by atoms with E-state index in [1.807, 2.05) is 42.5 Å². The van der Waals surface area contributed by atoms with Crippen LogP contribution in [0, 0.1) is 5.41 Å². The van der Waals surface area contributed by atoms with Crippen LogP contribution in [0.25, 0.3) is 11.1 Å². The van der Waals surface area contributed by atoms with E-state index in [0.29, 0.717) is 56.4 Å². The van der Waals surface area contributed by atoms with E-state index in [-0.39, 0.29) is 24.4 Å². The van der Waals surface area contributed by atoms with E-state index >= 15 is 0 Å². The van der Waals surface area contributed by atoms with Gasteiger partial charge in [0, 0.05) is 17.5 Å². The first-order valence-electron chi connectivity index (χ1n) is 10.4. The Balaban J connectivity index is 2.30.